The molecule has 2 atom stereocenters. The van der Waals surface area contributed by atoms with Gasteiger partial charge >= 0.3 is 0 Å². The van der Waals surface area contributed by atoms with E-state index in [1.54, 1.807) is 0 Å². The summed E-state index contributed by atoms with van der Waals surface area (Å²) in [6.07, 6.45) is 6.04. The van der Waals surface area contributed by atoms with Crippen LogP contribution in [0.3, 0.4) is 0 Å². The van der Waals surface area contributed by atoms with E-state index in [1.165, 1.54) is 25.7 Å². The van der Waals surface area contributed by atoms with Crippen molar-refractivity contribution in [1.29, 1.82) is 0 Å². The van der Waals surface area contributed by atoms with Crippen LogP contribution in [0.5, 0.6) is 0 Å². The maximum atomic E-state index is 5.91. The van der Waals surface area contributed by atoms with Gasteiger partial charge in [-0.1, -0.05) is 26.7 Å². The van der Waals surface area contributed by atoms with Crippen molar-refractivity contribution in [3.63, 3.8) is 0 Å². The van der Waals surface area contributed by atoms with Crippen LogP contribution in [0.15, 0.2) is 0 Å². The fourth-order valence-electron chi connectivity index (χ4n) is 3.06. The minimum Gasteiger partial charge on any atom is -0.330 e. The highest BCUT2D eigenvalue weighted by atomic mass is 15.3. The summed E-state index contributed by atoms with van der Waals surface area (Å²) in [5, 5.41) is 4.56. The molecular weight excluding hydrogens is 224 g/mol. The van der Waals surface area contributed by atoms with E-state index in [1.807, 2.05) is 11.7 Å². The summed E-state index contributed by atoms with van der Waals surface area (Å²) in [5.41, 5.74) is 5.91. The number of nitrogens with two attached hydrogens (primary N) is 1. The minimum atomic E-state index is 0.516. The van der Waals surface area contributed by atoms with Crippen molar-refractivity contribution in [2.75, 3.05) is 6.54 Å². The Balaban J connectivity index is 2.18. The minimum absolute atomic E-state index is 0.516. The molecule has 0 aliphatic heterocycles. The van der Waals surface area contributed by atoms with Gasteiger partial charge in [0.15, 0.2) is 5.82 Å². The molecule has 0 aromatic carbocycles. The Kier molecular flexibility index (Phi) is 4.38. The lowest BCUT2D eigenvalue weighted by Gasteiger charge is -2.29. The van der Waals surface area contributed by atoms with Crippen molar-refractivity contribution < 1.29 is 0 Å². The van der Waals surface area contributed by atoms with Gasteiger partial charge in [-0.3, -0.25) is 4.68 Å². The van der Waals surface area contributed by atoms with Crippen molar-refractivity contribution >= 4 is 0 Å². The Bertz CT molecular complexity index is 383. The van der Waals surface area contributed by atoms with Crippen LogP contribution < -0.4 is 5.73 Å². The molecular formula is C14H26N4. The van der Waals surface area contributed by atoms with Crippen LogP contribution in [-0.4, -0.2) is 21.3 Å². The van der Waals surface area contributed by atoms with Gasteiger partial charge < -0.3 is 5.73 Å². The molecule has 4 heteroatoms. The second-order valence-electron chi connectivity index (χ2n) is 5.99. The predicted octanol–water partition coefficient (Wildman–Crippen LogP) is 2.25. The average Bonchev–Trinajstić information content (AvgIpc) is 2.69. The van der Waals surface area contributed by atoms with Gasteiger partial charge in [0, 0.05) is 19.4 Å². The van der Waals surface area contributed by atoms with E-state index in [0.717, 1.165) is 24.6 Å². The second kappa shape index (κ2) is 5.83. The summed E-state index contributed by atoms with van der Waals surface area (Å²) in [4.78, 5) is 4.77. The molecule has 1 aromatic heterocycles. The molecule has 1 aliphatic rings. The number of nitrogens with zero attached hydrogens (tertiary/aromatic N) is 3. The summed E-state index contributed by atoms with van der Waals surface area (Å²) >= 11 is 0. The largest absolute Gasteiger partial charge is 0.330 e. The zero-order chi connectivity index (χ0) is 13.1. The monoisotopic (exact) mass is 250 g/mol. The summed E-state index contributed by atoms with van der Waals surface area (Å²) < 4.78 is 1.98. The van der Waals surface area contributed by atoms with Gasteiger partial charge in [-0.15, -0.1) is 0 Å². The van der Waals surface area contributed by atoms with Crippen molar-refractivity contribution in [3.8, 4) is 0 Å². The molecule has 1 fully saturated rings. The summed E-state index contributed by atoms with van der Waals surface area (Å²) in [6.45, 7) is 5.19. The van der Waals surface area contributed by atoms with Crippen molar-refractivity contribution in [2.24, 2.45) is 24.6 Å². The highest BCUT2D eigenvalue weighted by molar-refractivity contribution is 5.04. The number of hydrogen-bond donors (Lipinski definition) is 1. The molecule has 0 radical (unpaired) electrons. The van der Waals surface area contributed by atoms with Gasteiger partial charge in [0.2, 0.25) is 0 Å². The predicted molar refractivity (Wildman–Crippen MR) is 73.3 cm³/mol. The first kappa shape index (κ1) is 13.5. The van der Waals surface area contributed by atoms with Crippen molar-refractivity contribution in [3.05, 3.63) is 11.6 Å². The molecule has 0 saturated heterocycles. The van der Waals surface area contributed by atoms with Crippen molar-refractivity contribution in [2.45, 2.75) is 51.9 Å². The SMILES string of the molecule is CC(C)Cc1nc(C2CCCCC2CN)n(C)n1. The van der Waals surface area contributed by atoms with E-state index in [9.17, 15) is 0 Å². The van der Waals surface area contributed by atoms with E-state index in [-0.39, 0.29) is 0 Å². The Labute approximate surface area is 110 Å². The lowest BCUT2D eigenvalue weighted by atomic mass is 9.79. The van der Waals surface area contributed by atoms with E-state index >= 15 is 0 Å². The topological polar surface area (TPSA) is 56.7 Å². The van der Waals surface area contributed by atoms with E-state index in [2.05, 4.69) is 18.9 Å². The fraction of sp³-hybridized carbons (Fsp3) is 0.857. The third-order valence-electron chi connectivity index (χ3n) is 3.97. The normalized spacial score (nSPS) is 24.7. The van der Waals surface area contributed by atoms with Crippen LogP contribution >= 0.6 is 0 Å². The maximum Gasteiger partial charge on any atom is 0.151 e. The Morgan fingerprint density at radius 2 is 2.06 bits per heavy atom. The number of rotatable bonds is 4. The first-order valence-electron chi connectivity index (χ1n) is 7.21. The molecule has 1 aliphatic carbocycles. The number of hydrogen-bond acceptors (Lipinski definition) is 3. The summed E-state index contributed by atoms with van der Waals surface area (Å²) in [7, 11) is 2.02. The lowest BCUT2D eigenvalue weighted by molar-refractivity contribution is 0.298. The molecule has 0 bridgehead atoms. The second-order valence-corrected chi connectivity index (χ2v) is 5.99. The maximum absolute atomic E-state index is 5.91. The fourth-order valence-corrected chi connectivity index (χ4v) is 3.06. The Morgan fingerprint density at radius 3 is 2.72 bits per heavy atom. The third-order valence-corrected chi connectivity index (χ3v) is 3.97. The van der Waals surface area contributed by atoms with Gasteiger partial charge in [-0.2, -0.15) is 5.10 Å². The van der Waals surface area contributed by atoms with E-state index in [4.69, 9.17) is 10.7 Å². The zero-order valence-corrected chi connectivity index (χ0v) is 11.9. The van der Waals surface area contributed by atoms with Crippen LogP contribution in [0, 0.1) is 11.8 Å². The standard InChI is InChI=1S/C14H26N4/c1-10(2)8-13-16-14(18(3)17-13)12-7-5-4-6-11(12)9-15/h10-12H,4-9,15H2,1-3H3. The molecule has 2 rings (SSSR count). The average molecular weight is 250 g/mol. The van der Waals surface area contributed by atoms with Crippen LogP contribution in [0.25, 0.3) is 0 Å². The van der Waals surface area contributed by atoms with Gasteiger partial charge in [-0.25, -0.2) is 4.98 Å². The molecule has 2 N–H and O–H groups in total. The molecule has 0 spiro atoms. The lowest BCUT2D eigenvalue weighted by Crippen LogP contribution is -2.27. The highest BCUT2D eigenvalue weighted by Gasteiger charge is 2.29. The van der Waals surface area contributed by atoms with Gasteiger partial charge in [-0.05, 0) is 31.2 Å². The van der Waals surface area contributed by atoms with Gasteiger partial charge in [0.1, 0.15) is 5.82 Å². The van der Waals surface area contributed by atoms with Crippen LogP contribution in [0.2, 0.25) is 0 Å². The molecule has 1 saturated carbocycles. The molecule has 4 nitrogen and oxygen atoms in total. The van der Waals surface area contributed by atoms with Crippen LogP contribution in [0.4, 0.5) is 0 Å². The summed E-state index contributed by atoms with van der Waals surface area (Å²) in [5.74, 6) is 3.86. The van der Waals surface area contributed by atoms with E-state index < -0.39 is 0 Å². The smallest absolute Gasteiger partial charge is 0.151 e. The third kappa shape index (κ3) is 2.91. The molecule has 2 unspecified atom stereocenters. The summed E-state index contributed by atoms with van der Waals surface area (Å²) in [6, 6.07) is 0. The Hall–Kier alpha value is -0.900. The Morgan fingerprint density at radius 1 is 1.33 bits per heavy atom. The van der Waals surface area contributed by atoms with Crippen LogP contribution in [0.1, 0.15) is 57.1 Å². The van der Waals surface area contributed by atoms with E-state index in [0.29, 0.717) is 17.8 Å². The molecule has 0 amide bonds. The van der Waals surface area contributed by atoms with Crippen LogP contribution in [-0.2, 0) is 13.5 Å². The first-order chi connectivity index (χ1) is 8.61. The zero-order valence-electron chi connectivity index (χ0n) is 11.9. The molecule has 18 heavy (non-hydrogen) atoms. The molecule has 1 aromatic rings. The quantitative estimate of drug-likeness (QED) is 0.891. The van der Waals surface area contributed by atoms with Gasteiger partial charge in [0.05, 0.1) is 0 Å². The molecule has 1 heterocycles. The molecule has 102 valence electrons. The van der Waals surface area contributed by atoms with Gasteiger partial charge in [0.25, 0.3) is 0 Å². The first-order valence-corrected chi connectivity index (χ1v) is 7.21. The number of aryl methyl sites for hydroxylation is 1. The highest BCUT2D eigenvalue weighted by Crippen LogP contribution is 2.36. The van der Waals surface area contributed by atoms with Crippen molar-refractivity contribution in [1.82, 2.24) is 14.8 Å². The number of aromatic nitrogens is 3.